The number of hydrogen-bond donors (Lipinski definition) is 1. The first-order chi connectivity index (χ1) is 8.49. The van der Waals surface area contributed by atoms with Crippen LogP contribution in [0.1, 0.15) is 25.8 Å². The van der Waals surface area contributed by atoms with Crippen LogP contribution in [-0.2, 0) is 11.2 Å². The molecule has 1 aromatic rings. The van der Waals surface area contributed by atoms with E-state index in [4.69, 9.17) is 5.11 Å². The third-order valence-electron chi connectivity index (χ3n) is 2.69. The Morgan fingerprint density at radius 3 is 2.44 bits per heavy atom. The molecule has 0 aliphatic carbocycles. The van der Waals surface area contributed by atoms with E-state index in [-0.39, 0.29) is 5.82 Å². The van der Waals surface area contributed by atoms with Gasteiger partial charge in [-0.15, -0.1) is 0 Å². The van der Waals surface area contributed by atoms with Crippen molar-refractivity contribution in [3.8, 4) is 0 Å². The van der Waals surface area contributed by atoms with Crippen molar-refractivity contribution in [3.05, 3.63) is 47.8 Å². The van der Waals surface area contributed by atoms with Gasteiger partial charge in [-0.3, -0.25) is 4.79 Å². The zero-order valence-electron chi connectivity index (χ0n) is 10.8. The Hall–Kier alpha value is -1.64. The standard InChI is InChI=1S/C15H19FO2/c1-11(2)4-3-5-13(15(17)18)10-12-6-8-14(16)9-7-12/h3-4,6-9,11,13H,5,10H2,1-2H3,(H,17,18)/t13-/m0/s1. The minimum atomic E-state index is -0.812. The maximum Gasteiger partial charge on any atom is 0.307 e. The second-order valence-corrected chi connectivity index (χ2v) is 4.77. The van der Waals surface area contributed by atoms with E-state index in [1.54, 1.807) is 12.1 Å². The Bertz CT molecular complexity index is 407. The number of allylic oxidation sites excluding steroid dienone is 2. The Labute approximate surface area is 107 Å². The van der Waals surface area contributed by atoms with Gasteiger partial charge in [0.25, 0.3) is 0 Å². The zero-order chi connectivity index (χ0) is 13.5. The Morgan fingerprint density at radius 1 is 1.33 bits per heavy atom. The molecule has 0 amide bonds. The number of carboxylic acids is 1. The normalized spacial score (nSPS) is 13.1. The lowest BCUT2D eigenvalue weighted by Gasteiger charge is -2.10. The van der Waals surface area contributed by atoms with Crippen molar-refractivity contribution in [2.24, 2.45) is 11.8 Å². The highest BCUT2D eigenvalue weighted by Gasteiger charge is 2.16. The van der Waals surface area contributed by atoms with Gasteiger partial charge in [-0.1, -0.05) is 38.1 Å². The molecule has 18 heavy (non-hydrogen) atoms. The maximum atomic E-state index is 12.7. The number of carboxylic acid groups (broad SMARTS) is 1. The van der Waals surface area contributed by atoms with Crippen molar-refractivity contribution in [3.63, 3.8) is 0 Å². The topological polar surface area (TPSA) is 37.3 Å². The molecule has 0 saturated carbocycles. The SMILES string of the molecule is CC(C)C=CC[C@@H](Cc1ccc(F)cc1)C(=O)O. The predicted molar refractivity (Wildman–Crippen MR) is 69.8 cm³/mol. The molecule has 0 unspecified atom stereocenters. The maximum absolute atomic E-state index is 12.7. The van der Waals surface area contributed by atoms with Gasteiger partial charge in [0, 0.05) is 0 Å². The van der Waals surface area contributed by atoms with Crippen LogP contribution in [0.3, 0.4) is 0 Å². The highest BCUT2D eigenvalue weighted by atomic mass is 19.1. The fourth-order valence-corrected chi connectivity index (χ4v) is 1.69. The van der Waals surface area contributed by atoms with Crippen molar-refractivity contribution in [2.45, 2.75) is 26.7 Å². The molecule has 98 valence electrons. The minimum absolute atomic E-state index is 0.301. The summed E-state index contributed by atoms with van der Waals surface area (Å²) in [7, 11) is 0. The summed E-state index contributed by atoms with van der Waals surface area (Å²) in [5.41, 5.74) is 0.849. The number of aliphatic carboxylic acids is 1. The van der Waals surface area contributed by atoms with E-state index in [9.17, 15) is 9.18 Å². The van der Waals surface area contributed by atoms with Crippen molar-refractivity contribution in [1.82, 2.24) is 0 Å². The first-order valence-corrected chi connectivity index (χ1v) is 6.13. The van der Waals surface area contributed by atoms with Crippen LogP contribution in [-0.4, -0.2) is 11.1 Å². The molecule has 0 bridgehead atoms. The van der Waals surface area contributed by atoms with E-state index >= 15 is 0 Å². The van der Waals surface area contributed by atoms with Crippen LogP contribution in [0.15, 0.2) is 36.4 Å². The van der Waals surface area contributed by atoms with Gasteiger partial charge in [0.2, 0.25) is 0 Å². The van der Waals surface area contributed by atoms with Crippen LogP contribution in [0.4, 0.5) is 4.39 Å². The van der Waals surface area contributed by atoms with E-state index < -0.39 is 11.9 Å². The van der Waals surface area contributed by atoms with Crippen LogP contribution in [0.5, 0.6) is 0 Å². The molecule has 0 aromatic heterocycles. The Kier molecular flexibility index (Phi) is 5.56. The van der Waals surface area contributed by atoms with Gasteiger partial charge in [0.05, 0.1) is 5.92 Å². The van der Waals surface area contributed by atoms with Crippen molar-refractivity contribution >= 4 is 5.97 Å². The lowest BCUT2D eigenvalue weighted by atomic mass is 9.95. The Balaban J connectivity index is 2.63. The molecule has 0 fully saturated rings. The van der Waals surface area contributed by atoms with Gasteiger partial charge >= 0.3 is 5.97 Å². The second-order valence-electron chi connectivity index (χ2n) is 4.77. The molecular formula is C15H19FO2. The molecule has 0 spiro atoms. The third-order valence-corrected chi connectivity index (χ3v) is 2.69. The molecule has 0 aliphatic rings. The Morgan fingerprint density at radius 2 is 1.94 bits per heavy atom. The molecule has 1 aromatic carbocycles. The van der Waals surface area contributed by atoms with Crippen LogP contribution < -0.4 is 0 Å². The smallest absolute Gasteiger partial charge is 0.307 e. The average molecular weight is 250 g/mol. The molecular weight excluding hydrogens is 231 g/mol. The van der Waals surface area contributed by atoms with Gasteiger partial charge < -0.3 is 5.11 Å². The molecule has 3 heteroatoms. The van der Waals surface area contributed by atoms with E-state index in [1.165, 1.54) is 12.1 Å². The van der Waals surface area contributed by atoms with Crippen molar-refractivity contribution < 1.29 is 14.3 Å². The summed E-state index contributed by atoms with van der Waals surface area (Å²) < 4.78 is 12.7. The number of benzene rings is 1. The van der Waals surface area contributed by atoms with Gasteiger partial charge in [-0.2, -0.15) is 0 Å². The van der Waals surface area contributed by atoms with Gasteiger partial charge in [-0.05, 0) is 36.5 Å². The summed E-state index contributed by atoms with van der Waals surface area (Å²) in [5, 5.41) is 9.15. The summed E-state index contributed by atoms with van der Waals surface area (Å²) in [4.78, 5) is 11.1. The lowest BCUT2D eigenvalue weighted by Crippen LogP contribution is -2.15. The fraction of sp³-hybridized carbons (Fsp3) is 0.400. The molecule has 0 saturated heterocycles. The molecule has 1 rings (SSSR count). The van der Waals surface area contributed by atoms with E-state index in [0.29, 0.717) is 18.8 Å². The van der Waals surface area contributed by atoms with E-state index in [0.717, 1.165) is 5.56 Å². The molecule has 1 atom stereocenters. The fourth-order valence-electron chi connectivity index (χ4n) is 1.69. The van der Waals surface area contributed by atoms with Crippen LogP contribution in [0.2, 0.25) is 0 Å². The predicted octanol–water partition coefficient (Wildman–Crippen LogP) is 3.67. The summed E-state index contributed by atoms with van der Waals surface area (Å²) in [6, 6.07) is 5.99. The average Bonchev–Trinajstić information content (AvgIpc) is 2.30. The highest BCUT2D eigenvalue weighted by molar-refractivity contribution is 5.70. The molecule has 0 radical (unpaired) electrons. The van der Waals surface area contributed by atoms with Crippen LogP contribution >= 0.6 is 0 Å². The third kappa shape index (κ3) is 5.13. The largest absolute Gasteiger partial charge is 0.481 e. The van der Waals surface area contributed by atoms with Crippen LogP contribution in [0, 0.1) is 17.7 Å². The number of hydrogen-bond acceptors (Lipinski definition) is 1. The zero-order valence-corrected chi connectivity index (χ0v) is 10.8. The quantitative estimate of drug-likeness (QED) is 0.782. The van der Waals surface area contributed by atoms with E-state index in [2.05, 4.69) is 0 Å². The number of rotatable bonds is 6. The second kappa shape index (κ2) is 6.94. The first-order valence-electron chi connectivity index (χ1n) is 6.13. The molecule has 2 nitrogen and oxygen atoms in total. The lowest BCUT2D eigenvalue weighted by molar-refractivity contribution is -0.141. The molecule has 1 N–H and O–H groups in total. The summed E-state index contributed by atoms with van der Waals surface area (Å²) in [6.45, 7) is 4.10. The number of halogens is 1. The molecule has 0 heterocycles. The number of carbonyl (C=O) groups is 1. The first kappa shape index (κ1) is 14.4. The minimum Gasteiger partial charge on any atom is -0.481 e. The molecule has 0 aliphatic heterocycles. The van der Waals surface area contributed by atoms with Crippen molar-refractivity contribution in [1.29, 1.82) is 0 Å². The van der Waals surface area contributed by atoms with Gasteiger partial charge in [-0.25, -0.2) is 4.39 Å². The van der Waals surface area contributed by atoms with Crippen molar-refractivity contribution in [2.75, 3.05) is 0 Å². The summed E-state index contributed by atoms with van der Waals surface area (Å²) in [6.07, 6.45) is 4.84. The summed E-state index contributed by atoms with van der Waals surface area (Å²) >= 11 is 0. The van der Waals surface area contributed by atoms with Gasteiger partial charge in [0.15, 0.2) is 0 Å². The monoisotopic (exact) mass is 250 g/mol. The summed E-state index contributed by atoms with van der Waals surface area (Å²) in [5.74, 6) is -1.14. The van der Waals surface area contributed by atoms with Gasteiger partial charge in [0.1, 0.15) is 5.82 Å². The van der Waals surface area contributed by atoms with Crippen LogP contribution in [0.25, 0.3) is 0 Å². The highest BCUT2D eigenvalue weighted by Crippen LogP contribution is 2.14. The van der Waals surface area contributed by atoms with E-state index in [1.807, 2.05) is 26.0 Å².